The van der Waals surface area contributed by atoms with Gasteiger partial charge in [-0.3, -0.25) is 4.90 Å². The van der Waals surface area contributed by atoms with Crippen LogP contribution in [0.2, 0.25) is 0 Å². The summed E-state index contributed by atoms with van der Waals surface area (Å²) < 4.78 is 7.38. The van der Waals surface area contributed by atoms with Gasteiger partial charge < -0.3 is 9.32 Å². The number of hydrogen-bond acceptors (Lipinski definition) is 4. The zero-order chi connectivity index (χ0) is 51.2. The molecule has 5 heteroatoms. The monoisotopic (exact) mass is 954 g/mol. The first-order valence-corrected chi connectivity index (χ1v) is 26.2. The van der Waals surface area contributed by atoms with Crippen molar-refractivity contribution in [3.63, 3.8) is 0 Å². The highest BCUT2D eigenvalue weighted by Crippen LogP contribution is 2.52. The first-order chi connectivity index (χ1) is 34.7. The van der Waals surface area contributed by atoms with E-state index in [2.05, 4.69) is 287 Å². The van der Waals surface area contributed by atoms with E-state index in [1.165, 1.54) is 49.9 Å². The van der Waals surface area contributed by atoms with Crippen molar-refractivity contribution in [3.05, 3.63) is 239 Å². The second-order valence-corrected chi connectivity index (χ2v) is 24.5. The number of rotatable bonds is 7. The van der Waals surface area contributed by atoms with Crippen molar-refractivity contribution in [3.8, 4) is 11.5 Å². The minimum Gasteiger partial charge on any atom is -0.420 e. The molecule has 1 aromatic heterocycles. The van der Waals surface area contributed by atoms with Gasteiger partial charge in [0.15, 0.2) is 0 Å². The Kier molecular flexibility index (Phi) is 11.4. The quantitative estimate of drug-likeness (QED) is 0.118. The number of benzene rings is 8. The van der Waals surface area contributed by atoms with Crippen LogP contribution in [0.25, 0.3) is 11.5 Å². The van der Waals surface area contributed by atoms with Crippen molar-refractivity contribution in [1.82, 2.24) is 4.98 Å². The van der Waals surface area contributed by atoms with E-state index in [1.54, 1.807) is 0 Å². The summed E-state index contributed by atoms with van der Waals surface area (Å²) in [6, 6.07) is 72.7. The van der Waals surface area contributed by atoms with Crippen LogP contribution >= 0.6 is 0 Å². The van der Waals surface area contributed by atoms with E-state index in [-0.39, 0.29) is 28.4 Å². The highest BCUT2D eigenvalue weighted by Gasteiger charge is 2.49. The lowest BCUT2D eigenvalue weighted by molar-refractivity contribution is 0.578. The lowest BCUT2D eigenvalue weighted by atomic mass is 9.35. The van der Waals surface area contributed by atoms with Crippen LogP contribution in [0.1, 0.15) is 128 Å². The molecule has 0 fully saturated rings. The Bertz CT molecular complexity index is 3360. The average Bonchev–Trinajstić information content (AvgIpc) is 3.82. The fraction of sp³-hybridized carbons (Fsp3) is 0.250. The third-order valence-corrected chi connectivity index (χ3v) is 15.5. The smallest absolute Gasteiger partial charge is 0.279 e. The van der Waals surface area contributed by atoms with Gasteiger partial charge in [0.1, 0.15) is 0 Å². The molecule has 0 unspecified atom stereocenters. The molecule has 73 heavy (non-hydrogen) atoms. The molecule has 0 N–H and O–H groups in total. The Hall–Kier alpha value is -7.37. The van der Waals surface area contributed by atoms with Gasteiger partial charge in [-0.2, -0.15) is 0 Å². The number of hydrogen-bond donors (Lipinski definition) is 0. The molecule has 0 saturated carbocycles. The highest BCUT2D eigenvalue weighted by molar-refractivity contribution is 6.99. The fourth-order valence-corrected chi connectivity index (χ4v) is 11.4. The molecule has 364 valence electrons. The standard InChI is InChI=1S/C68H68BN3O/c1-64(2,3)46-30-28-45(29-31-46)62-70-61-63(73-62)72(55-39-34-48(35-40-55)66(7,8)9)59-44-53(68(49-22-16-13-17-23-49,50-24-18-14-19-25-50)51-26-20-15-21-27-51)43-58-60(59)69(61)56-42-52(67(10,11)12)36-41-57(56)71(58)54-37-32-47(33-38-54)65(4,5)6/h13-44H,1-12H3. The molecule has 0 saturated heterocycles. The SMILES string of the molecule is CC(C)(C)c1ccc(-c2nc3c(o2)N(c2ccc(C(C)(C)C)cc2)c2cc(C(c4ccccc4)(c4ccccc4)c4ccccc4)cc4c2B3c2cc(C(C)(C)C)ccc2N4c2ccc(C(C)(C)C)cc2)cc1. The number of anilines is 6. The van der Waals surface area contributed by atoms with Gasteiger partial charge in [-0.15, -0.1) is 0 Å². The molecule has 9 aromatic rings. The first-order valence-electron chi connectivity index (χ1n) is 26.2. The maximum Gasteiger partial charge on any atom is 0.279 e. The van der Waals surface area contributed by atoms with Gasteiger partial charge >= 0.3 is 0 Å². The second kappa shape index (κ2) is 17.4. The Balaban J connectivity index is 1.30. The molecule has 4 nitrogen and oxygen atoms in total. The first kappa shape index (κ1) is 47.9. The lowest BCUT2D eigenvalue weighted by Crippen LogP contribution is -2.62. The molecule has 8 aromatic carbocycles. The van der Waals surface area contributed by atoms with Crippen molar-refractivity contribution in [2.45, 2.75) is 110 Å². The van der Waals surface area contributed by atoms with E-state index in [0.717, 1.165) is 51.0 Å². The summed E-state index contributed by atoms with van der Waals surface area (Å²) in [5.74, 6) is 1.34. The molecule has 0 amide bonds. The van der Waals surface area contributed by atoms with Crippen LogP contribution in [0, 0.1) is 0 Å². The van der Waals surface area contributed by atoms with E-state index in [9.17, 15) is 0 Å². The minimum absolute atomic E-state index is 0.00408. The minimum atomic E-state index is -0.744. The maximum absolute atomic E-state index is 7.38. The normalized spacial score (nSPS) is 13.7. The van der Waals surface area contributed by atoms with Crippen molar-refractivity contribution in [1.29, 1.82) is 0 Å². The zero-order valence-corrected chi connectivity index (χ0v) is 44.8. The van der Waals surface area contributed by atoms with Crippen LogP contribution in [0.3, 0.4) is 0 Å². The third-order valence-electron chi connectivity index (χ3n) is 15.5. The molecular weight excluding hydrogens is 886 g/mol. The van der Waals surface area contributed by atoms with Gasteiger partial charge in [-0.1, -0.05) is 223 Å². The summed E-state index contributed by atoms with van der Waals surface area (Å²) in [6.07, 6.45) is 0. The molecule has 0 aliphatic carbocycles. The summed E-state index contributed by atoms with van der Waals surface area (Å²) in [6.45, 7) is 27.2. The van der Waals surface area contributed by atoms with Crippen molar-refractivity contribution >= 4 is 57.6 Å². The van der Waals surface area contributed by atoms with Gasteiger partial charge in [-0.25, -0.2) is 4.98 Å². The predicted octanol–water partition coefficient (Wildman–Crippen LogP) is 16.0. The number of oxazole rings is 1. The van der Waals surface area contributed by atoms with Crippen LogP contribution in [-0.2, 0) is 27.1 Å². The number of aromatic nitrogens is 1. The Labute approximate surface area is 434 Å². The Morgan fingerprint density at radius 3 is 1.21 bits per heavy atom. The molecule has 3 heterocycles. The van der Waals surface area contributed by atoms with E-state index < -0.39 is 5.41 Å². The second-order valence-electron chi connectivity index (χ2n) is 24.5. The van der Waals surface area contributed by atoms with Crippen molar-refractivity contribution < 1.29 is 4.42 Å². The number of fused-ring (bicyclic) bond motifs is 4. The molecule has 2 aliphatic heterocycles. The van der Waals surface area contributed by atoms with Gasteiger partial charge in [-0.05, 0) is 132 Å². The highest BCUT2D eigenvalue weighted by atomic mass is 16.4. The van der Waals surface area contributed by atoms with Crippen LogP contribution in [-0.4, -0.2) is 11.7 Å². The van der Waals surface area contributed by atoms with Crippen molar-refractivity contribution in [2.24, 2.45) is 0 Å². The van der Waals surface area contributed by atoms with E-state index >= 15 is 0 Å². The fourth-order valence-electron chi connectivity index (χ4n) is 11.4. The van der Waals surface area contributed by atoms with Crippen LogP contribution in [0.15, 0.2) is 199 Å². The Morgan fingerprint density at radius 2 is 0.767 bits per heavy atom. The van der Waals surface area contributed by atoms with Crippen LogP contribution in [0.4, 0.5) is 34.3 Å². The van der Waals surface area contributed by atoms with Crippen LogP contribution in [0.5, 0.6) is 0 Å². The third kappa shape index (κ3) is 8.22. The summed E-state index contributed by atoms with van der Waals surface area (Å²) in [7, 11) is 0. The number of nitrogens with zero attached hydrogens (tertiary/aromatic N) is 3. The van der Waals surface area contributed by atoms with E-state index in [0.29, 0.717) is 5.89 Å². The molecule has 0 spiro atoms. The molecule has 2 aliphatic rings. The molecular formula is C68H68BN3O. The summed E-state index contributed by atoms with van der Waals surface area (Å²) in [5, 5.41) is 0. The van der Waals surface area contributed by atoms with E-state index in [1.807, 2.05) is 0 Å². The summed E-state index contributed by atoms with van der Waals surface area (Å²) >= 11 is 0. The Morgan fingerprint density at radius 1 is 0.370 bits per heavy atom. The van der Waals surface area contributed by atoms with Gasteiger partial charge in [0, 0.05) is 34.0 Å². The molecule has 0 radical (unpaired) electrons. The lowest BCUT2D eigenvalue weighted by Gasteiger charge is -2.44. The molecule has 11 rings (SSSR count). The predicted molar refractivity (Wildman–Crippen MR) is 309 cm³/mol. The topological polar surface area (TPSA) is 32.5 Å². The van der Waals surface area contributed by atoms with Crippen molar-refractivity contribution in [2.75, 3.05) is 9.80 Å². The summed E-state index contributed by atoms with van der Waals surface area (Å²) in [4.78, 5) is 10.6. The largest absolute Gasteiger partial charge is 0.420 e. The average molecular weight is 954 g/mol. The molecule has 0 atom stereocenters. The van der Waals surface area contributed by atoms with Gasteiger partial charge in [0.05, 0.1) is 11.0 Å². The molecule has 0 bridgehead atoms. The summed E-state index contributed by atoms with van der Waals surface area (Å²) in [5.41, 5.74) is 18.6. The van der Waals surface area contributed by atoms with Gasteiger partial charge in [0.2, 0.25) is 11.8 Å². The van der Waals surface area contributed by atoms with E-state index in [4.69, 9.17) is 9.40 Å². The zero-order valence-electron chi connectivity index (χ0n) is 44.8. The maximum atomic E-state index is 7.38. The van der Waals surface area contributed by atoms with Gasteiger partial charge in [0.25, 0.3) is 6.71 Å². The van der Waals surface area contributed by atoms with Crippen LogP contribution < -0.4 is 26.3 Å².